The normalized spacial score (nSPS) is 12.1. The van der Waals surface area contributed by atoms with Gasteiger partial charge in [0.25, 0.3) is 15.5 Å². The number of aromatic nitrogens is 1. The van der Waals surface area contributed by atoms with Crippen LogP contribution in [0.15, 0.2) is 15.7 Å². The van der Waals surface area contributed by atoms with Gasteiger partial charge in [-0.3, -0.25) is 0 Å². The van der Waals surface area contributed by atoms with Crippen LogP contribution in [0.1, 0.15) is 12.0 Å². The van der Waals surface area contributed by atoms with Gasteiger partial charge in [-0.1, -0.05) is 0 Å². The summed E-state index contributed by atoms with van der Waals surface area (Å²) in [5.74, 6) is -1.43. The molecule has 0 saturated heterocycles. The van der Waals surface area contributed by atoms with E-state index in [-0.39, 0.29) is 0 Å². The quantitative estimate of drug-likeness (QED) is 0.621. The molecule has 1 aromatic rings. The Kier molecular flexibility index (Phi) is 3.62. The Bertz CT molecular complexity index is 493. The lowest BCUT2D eigenvalue weighted by Crippen LogP contribution is -2.04. The Balaban J connectivity index is 3.65. The fourth-order valence-corrected chi connectivity index (χ4v) is 2.50. The monoisotopic (exact) mass is 323 g/mol. The molecule has 3 nitrogen and oxygen atoms in total. The van der Waals surface area contributed by atoms with Gasteiger partial charge in [0, 0.05) is 16.9 Å². The van der Waals surface area contributed by atoms with Crippen molar-refractivity contribution in [2.75, 3.05) is 0 Å². The standard InChI is InChI=1S/C6H2BrClF3NO2S/c7-5-3(9)4(15(8,13)14)2(1-12-5)6(10)11/h1,6H. The Hall–Kier alpha value is -0.340. The van der Waals surface area contributed by atoms with Gasteiger partial charge >= 0.3 is 0 Å². The molecule has 1 heterocycles. The molecule has 15 heavy (non-hydrogen) atoms. The first kappa shape index (κ1) is 12.7. The van der Waals surface area contributed by atoms with Crippen molar-refractivity contribution in [3.05, 3.63) is 22.2 Å². The van der Waals surface area contributed by atoms with Crippen LogP contribution < -0.4 is 0 Å². The maximum Gasteiger partial charge on any atom is 0.266 e. The highest BCUT2D eigenvalue weighted by Crippen LogP contribution is 2.32. The zero-order chi connectivity index (χ0) is 11.8. The Morgan fingerprint density at radius 1 is 1.47 bits per heavy atom. The molecule has 0 aliphatic rings. The summed E-state index contributed by atoms with van der Waals surface area (Å²) in [6.07, 6.45) is -2.63. The van der Waals surface area contributed by atoms with E-state index in [2.05, 4.69) is 20.9 Å². The van der Waals surface area contributed by atoms with Crippen molar-refractivity contribution in [3.63, 3.8) is 0 Å². The lowest BCUT2D eigenvalue weighted by Gasteiger charge is -2.06. The average molecular weight is 325 g/mol. The van der Waals surface area contributed by atoms with Crippen LogP contribution in [0.25, 0.3) is 0 Å². The van der Waals surface area contributed by atoms with Crippen LogP contribution >= 0.6 is 26.6 Å². The van der Waals surface area contributed by atoms with Gasteiger partial charge in [0.1, 0.15) is 9.50 Å². The molecule has 1 aromatic heterocycles. The van der Waals surface area contributed by atoms with E-state index in [1.165, 1.54) is 0 Å². The summed E-state index contributed by atoms with van der Waals surface area (Å²) in [7, 11) is 0.251. The van der Waals surface area contributed by atoms with Crippen LogP contribution in [0.5, 0.6) is 0 Å². The SMILES string of the molecule is O=S(=O)(Cl)c1c(C(F)F)cnc(Br)c1F. The number of halogens is 5. The third-order valence-corrected chi connectivity index (χ3v) is 3.36. The van der Waals surface area contributed by atoms with Crippen molar-refractivity contribution < 1.29 is 21.6 Å². The second-order valence-electron chi connectivity index (χ2n) is 2.39. The minimum atomic E-state index is -4.58. The molecule has 0 aliphatic heterocycles. The molecule has 9 heteroatoms. The molecular weight excluding hydrogens is 322 g/mol. The van der Waals surface area contributed by atoms with Crippen LogP contribution in [0.3, 0.4) is 0 Å². The first-order valence-corrected chi connectivity index (χ1v) is 6.42. The van der Waals surface area contributed by atoms with Crippen LogP contribution in [-0.2, 0) is 9.05 Å². The summed E-state index contributed by atoms with van der Waals surface area (Å²) in [6.45, 7) is 0. The largest absolute Gasteiger partial charge is 0.266 e. The van der Waals surface area contributed by atoms with E-state index in [9.17, 15) is 21.6 Å². The van der Waals surface area contributed by atoms with E-state index >= 15 is 0 Å². The summed E-state index contributed by atoms with van der Waals surface area (Å²) in [5.41, 5.74) is -1.06. The van der Waals surface area contributed by atoms with Gasteiger partial charge in [-0.2, -0.15) is 0 Å². The third-order valence-electron chi connectivity index (χ3n) is 1.44. The highest BCUT2D eigenvalue weighted by molar-refractivity contribution is 9.10. The lowest BCUT2D eigenvalue weighted by molar-refractivity contribution is 0.146. The van der Waals surface area contributed by atoms with Crippen molar-refractivity contribution >= 4 is 35.7 Å². The second kappa shape index (κ2) is 4.26. The summed E-state index contributed by atoms with van der Waals surface area (Å²) < 4.78 is 59.1. The third kappa shape index (κ3) is 2.61. The van der Waals surface area contributed by atoms with Crippen molar-refractivity contribution in [1.82, 2.24) is 4.98 Å². The van der Waals surface area contributed by atoms with Gasteiger partial charge in [-0.05, 0) is 15.9 Å². The number of pyridine rings is 1. The highest BCUT2D eigenvalue weighted by Gasteiger charge is 2.28. The number of nitrogens with zero attached hydrogens (tertiary/aromatic N) is 1. The molecule has 1 rings (SSSR count). The lowest BCUT2D eigenvalue weighted by atomic mass is 10.3. The molecule has 0 saturated carbocycles. The molecule has 0 fully saturated rings. The topological polar surface area (TPSA) is 47.0 Å². The molecule has 0 spiro atoms. The van der Waals surface area contributed by atoms with Crippen molar-refractivity contribution in [3.8, 4) is 0 Å². The van der Waals surface area contributed by atoms with E-state index in [4.69, 9.17) is 10.7 Å². The Morgan fingerprint density at radius 3 is 2.40 bits per heavy atom. The molecular formula is C6H2BrClF3NO2S. The summed E-state index contributed by atoms with van der Waals surface area (Å²) in [6, 6.07) is 0. The maximum absolute atomic E-state index is 13.2. The number of rotatable bonds is 2. The Morgan fingerprint density at radius 2 is 2.00 bits per heavy atom. The van der Waals surface area contributed by atoms with Gasteiger partial charge in [0.15, 0.2) is 5.82 Å². The molecule has 0 amide bonds. The molecule has 0 aromatic carbocycles. The van der Waals surface area contributed by atoms with Gasteiger partial charge < -0.3 is 0 Å². The minimum absolute atomic E-state index is 0.494. The predicted octanol–water partition coefficient (Wildman–Crippen LogP) is 2.85. The zero-order valence-electron chi connectivity index (χ0n) is 6.72. The Labute approximate surface area is 95.8 Å². The number of hydrogen-bond acceptors (Lipinski definition) is 3. The second-order valence-corrected chi connectivity index (χ2v) is 5.64. The number of alkyl halides is 2. The summed E-state index contributed by atoms with van der Waals surface area (Å²) >= 11 is 2.57. The van der Waals surface area contributed by atoms with E-state index in [0.29, 0.717) is 6.20 Å². The van der Waals surface area contributed by atoms with E-state index in [1.54, 1.807) is 0 Å². The van der Waals surface area contributed by atoms with E-state index in [0.717, 1.165) is 0 Å². The van der Waals surface area contributed by atoms with Gasteiger partial charge in [-0.25, -0.2) is 26.6 Å². The van der Waals surface area contributed by atoms with Gasteiger partial charge in [0.05, 0.1) is 5.56 Å². The highest BCUT2D eigenvalue weighted by atomic mass is 79.9. The molecule has 84 valence electrons. The minimum Gasteiger partial charge on any atom is -0.246 e. The van der Waals surface area contributed by atoms with E-state index < -0.39 is 36.4 Å². The van der Waals surface area contributed by atoms with Crippen molar-refractivity contribution in [1.29, 1.82) is 0 Å². The first-order valence-electron chi connectivity index (χ1n) is 3.32. The van der Waals surface area contributed by atoms with E-state index in [1.807, 2.05) is 0 Å². The molecule has 0 bridgehead atoms. The molecule has 0 unspecified atom stereocenters. The van der Waals surface area contributed by atoms with Crippen LogP contribution in [0, 0.1) is 5.82 Å². The fraction of sp³-hybridized carbons (Fsp3) is 0.167. The molecule has 0 N–H and O–H groups in total. The summed E-state index contributed by atoms with van der Waals surface area (Å²) in [4.78, 5) is 1.96. The molecule has 0 radical (unpaired) electrons. The van der Waals surface area contributed by atoms with Crippen LogP contribution in [0.4, 0.5) is 13.2 Å². The fourth-order valence-electron chi connectivity index (χ4n) is 0.865. The molecule has 0 atom stereocenters. The molecule has 0 aliphatic carbocycles. The average Bonchev–Trinajstić information content (AvgIpc) is 2.06. The predicted molar refractivity (Wildman–Crippen MR) is 49.9 cm³/mol. The van der Waals surface area contributed by atoms with Gasteiger partial charge in [-0.15, -0.1) is 0 Å². The van der Waals surface area contributed by atoms with Crippen LogP contribution in [-0.4, -0.2) is 13.4 Å². The maximum atomic E-state index is 13.2. The van der Waals surface area contributed by atoms with Gasteiger partial charge in [0.2, 0.25) is 0 Å². The number of hydrogen-bond donors (Lipinski definition) is 0. The smallest absolute Gasteiger partial charge is 0.246 e. The first-order chi connectivity index (χ1) is 6.75. The summed E-state index contributed by atoms with van der Waals surface area (Å²) in [5, 5.41) is 0. The van der Waals surface area contributed by atoms with Crippen molar-refractivity contribution in [2.45, 2.75) is 11.3 Å². The van der Waals surface area contributed by atoms with Crippen LogP contribution in [0.2, 0.25) is 0 Å². The van der Waals surface area contributed by atoms with Crippen molar-refractivity contribution in [2.24, 2.45) is 0 Å². The zero-order valence-corrected chi connectivity index (χ0v) is 9.87.